The highest BCUT2D eigenvalue weighted by Crippen LogP contribution is 2.34. The number of benzene rings is 1. The maximum atomic E-state index is 13.8. The van der Waals surface area contributed by atoms with Crippen molar-refractivity contribution in [3.05, 3.63) is 21.4 Å². The van der Waals surface area contributed by atoms with E-state index in [2.05, 4.69) is 20.7 Å². The second-order valence-electron chi connectivity index (χ2n) is 3.37. The number of nitrogen functional groups attached to an aromatic ring is 1. The molecule has 0 bridgehead atoms. The Bertz CT molecular complexity index is 553. The highest BCUT2D eigenvalue weighted by atomic mass is 79.9. The lowest BCUT2D eigenvalue weighted by atomic mass is 10.3. The summed E-state index contributed by atoms with van der Waals surface area (Å²) in [7, 11) is -4.05. The van der Waals surface area contributed by atoms with Crippen LogP contribution >= 0.6 is 27.5 Å². The number of aliphatic hydroxyl groups excluding tert-OH is 1. The lowest BCUT2D eigenvalue weighted by Crippen LogP contribution is -2.26. The van der Waals surface area contributed by atoms with Gasteiger partial charge in [0.1, 0.15) is 4.90 Å². The van der Waals surface area contributed by atoms with Crippen LogP contribution in [-0.2, 0) is 10.0 Å². The van der Waals surface area contributed by atoms with E-state index in [1.54, 1.807) is 0 Å². The summed E-state index contributed by atoms with van der Waals surface area (Å²) in [6, 6.07) is 0.971. The number of halogens is 3. The molecular formula is C9H11BrClFN2O3S. The Hall–Kier alpha value is -0.410. The van der Waals surface area contributed by atoms with Crippen LogP contribution < -0.4 is 10.5 Å². The molecule has 0 spiro atoms. The molecule has 4 N–H and O–H groups in total. The van der Waals surface area contributed by atoms with Crippen LogP contribution in [0.2, 0.25) is 5.02 Å². The van der Waals surface area contributed by atoms with Crippen LogP contribution in [0.1, 0.15) is 6.42 Å². The van der Waals surface area contributed by atoms with Gasteiger partial charge in [0.25, 0.3) is 0 Å². The topological polar surface area (TPSA) is 92.4 Å². The van der Waals surface area contributed by atoms with E-state index >= 15 is 0 Å². The first kappa shape index (κ1) is 15.6. The van der Waals surface area contributed by atoms with Crippen molar-refractivity contribution in [2.24, 2.45) is 0 Å². The van der Waals surface area contributed by atoms with Gasteiger partial charge in [-0.1, -0.05) is 11.6 Å². The van der Waals surface area contributed by atoms with Crippen LogP contribution in [-0.4, -0.2) is 26.7 Å². The number of hydrogen-bond donors (Lipinski definition) is 3. The van der Waals surface area contributed by atoms with Crippen molar-refractivity contribution in [3.8, 4) is 0 Å². The van der Waals surface area contributed by atoms with Gasteiger partial charge in [-0.25, -0.2) is 17.5 Å². The van der Waals surface area contributed by atoms with Gasteiger partial charge in [0.2, 0.25) is 10.0 Å². The maximum absolute atomic E-state index is 13.8. The average Bonchev–Trinajstić information content (AvgIpc) is 2.31. The number of hydrogen-bond acceptors (Lipinski definition) is 4. The predicted molar refractivity (Wildman–Crippen MR) is 70.4 cm³/mol. The standard InChI is InChI=1S/C9H11BrClFN2O3S/c10-7-5(11)4-6(8(12)9(7)13)18(16,17)14-2-1-3-15/h4,14-15H,1-3,13H2. The van der Waals surface area contributed by atoms with E-state index < -0.39 is 20.7 Å². The van der Waals surface area contributed by atoms with Crippen molar-refractivity contribution in [1.29, 1.82) is 0 Å². The van der Waals surface area contributed by atoms with Gasteiger partial charge in [-0.2, -0.15) is 0 Å². The zero-order valence-corrected chi connectivity index (χ0v) is 12.2. The van der Waals surface area contributed by atoms with Crippen molar-refractivity contribution < 1.29 is 17.9 Å². The molecule has 0 fully saturated rings. The Morgan fingerprint density at radius 1 is 1.56 bits per heavy atom. The van der Waals surface area contributed by atoms with Gasteiger partial charge in [-0.05, 0) is 28.4 Å². The SMILES string of the molecule is Nc1c(F)c(S(=O)(=O)NCCCO)cc(Cl)c1Br. The van der Waals surface area contributed by atoms with Crippen molar-refractivity contribution >= 4 is 43.2 Å². The lowest BCUT2D eigenvalue weighted by molar-refractivity contribution is 0.289. The summed E-state index contributed by atoms with van der Waals surface area (Å²) in [5.74, 6) is -1.07. The number of nitrogens with one attached hydrogen (secondary N) is 1. The maximum Gasteiger partial charge on any atom is 0.243 e. The summed E-state index contributed by atoms with van der Waals surface area (Å²) in [6.07, 6.45) is 0.223. The average molecular weight is 362 g/mol. The summed E-state index contributed by atoms with van der Waals surface area (Å²) >= 11 is 8.68. The van der Waals surface area contributed by atoms with Gasteiger partial charge < -0.3 is 10.8 Å². The molecule has 0 saturated carbocycles. The minimum Gasteiger partial charge on any atom is -0.396 e. The van der Waals surface area contributed by atoms with Crippen LogP contribution in [0.25, 0.3) is 0 Å². The van der Waals surface area contributed by atoms with Gasteiger partial charge in [0.05, 0.1) is 15.2 Å². The van der Waals surface area contributed by atoms with Crippen molar-refractivity contribution in [2.75, 3.05) is 18.9 Å². The second-order valence-corrected chi connectivity index (χ2v) is 6.31. The van der Waals surface area contributed by atoms with E-state index in [1.807, 2.05) is 0 Å². The fraction of sp³-hybridized carbons (Fsp3) is 0.333. The Balaban J connectivity index is 3.17. The van der Waals surface area contributed by atoms with Gasteiger partial charge >= 0.3 is 0 Å². The van der Waals surface area contributed by atoms with Gasteiger partial charge in [-0.3, -0.25) is 0 Å². The van der Waals surface area contributed by atoms with E-state index in [9.17, 15) is 12.8 Å². The molecule has 102 valence electrons. The number of nitrogens with two attached hydrogens (primary N) is 1. The molecule has 18 heavy (non-hydrogen) atoms. The van der Waals surface area contributed by atoms with E-state index in [1.165, 1.54) is 0 Å². The van der Waals surface area contributed by atoms with Crippen molar-refractivity contribution in [3.63, 3.8) is 0 Å². The molecule has 1 aromatic carbocycles. The highest BCUT2D eigenvalue weighted by molar-refractivity contribution is 9.10. The summed E-state index contributed by atoms with van der Waals surface area (Å²) in [6.45, 7) is -0.180. The first-order chi connectivity index (χ1) is 8.31. The molecule has 0 heterocycles. The summed E-state index contributed by atoms with van der Waals surface area (Å²) < 4.78 is 39.6. The molecule has 0 aliphatic carbocycles. The molecule has 1 aromatic rings. The molecule has 5 nitrogen and oxygen atoms in total. The third-order valence-corrected chi connectivity index (χ3v) is 4.91. The van der Waals surface area contributed by atoms with Crippen LogP contribution in [0.4, 0.5) is 10.1 Å². The molecule has 0 aliphatic heterocycles. The molecule has 0 saturated heterocycles. The van der Waals surface area contributed by atoms with Crippen molar-refractivity contribution in [2.45, 2.75) is 11.3 Å². The molecule has 9 heteroatoms. The minimum atomic E-state index is -4.05. The number of sulfonamides is 1. The molecule has 1 rings (SSSR count). The molecule has 0 atom stereocenters. The summed E-state index contributed by atoms with van der Waals surface area (Å²) in [5, 5.41) is 8.55. The second kappa shape index (κ2) is 6.16. The summed E-state index contributed by atoms with van der Waals surface area (Å²) in [4.78, 5) is -0.619. The van der Waals surface area contributed by atoms with Crippen LogP contribution in [0.15, 0.2) is 15.4 Å². The first-order valence-corrected chi connectivity index (χ1v) is 7.50. The number of rotatable bonds is 5. The van der Waals surface area contributed by atoms with Gasteiger partial charge in [0.15, 0.2) is 5.82 Å². The molecule has 0 aromatic heterocycles. The lowest BCUT2D eigenvalue weighted by Gasteiger charge is -2.10. The Morgan fingerprint density at radius 2 is 2.17 bits per heavy atom. The van der Waals surface area contributed by atoms with Crippen LogP contribution in [0, 0.1) is 5.82 Å². The predicted octanol–water partition coefficient (Wildman–Crippen LogP) is 1.48. The number of aliphatic hydroxyl groups is 1. The summed E-state index contributed by atoms with van der Waals surface area (Å²) in [5.41, 5.74) is 5.03. The molecular weight excluding hydrogens is 351 g/mol. The largest absolute Gasteiger partial charge is 0.396 e. The van der Waals surface area contributed by atoms with E-state index in [4.69, 9.17) is 22.4 Å². The smallest absolute Gasteiger partial charge is 0.243 e. The minimum absolute atomic E-state index is 0.00330. The Kier molecular flexibility index (Phi) is 5.35. The van der Waals surface area contributed by atoms with Crippen LogP contribution in [0.5, 0.6) is 0 Å². The van der Waals surface area contributed by atoms with Crippen molar-refractivity contribution in [1.82, 2.24) is 4.72 Å². The number of anilines is 1. The normalized spacial score (nSPS) is 11.8. The van der Waals surface area contributed by atoms with Crippen LogP contribution in [0.3, 0.4) is 0 Å². The molecule has 0 unspecified atom stereocenters. The third-order valence-electron chi connectivity index (χ3n) is 2.07. The Labute approximate surface area is 117 Å². The fourth-order valence-corrected chi connectivity index (χ4v) is 2.91. The van der Waals surface area contributed by atoms with E-state index in [0.717, 1.165) is 6.07 Å². The van der Waals surface area contributed by atoms with Gasteiger partial charge in [0, 0.05) is 13.2 Å². The van der Waals surface area contributed by atoms with Gasteiger partial charge in [-0.15, -0.1) is 0 Å². The third kappa shape index (κ3) is 3.33. The fourth-order valence-electron chi connectivity index (χ4n) is 1.16. The first-order valence-electron chi connectivity index (χ1n) is 4.84. The van der Waals surface area contributed by atoms with E-state index in [0.29, 0.717) is 0 Å². The molecule has 0 amide bonds. The quantitative estimate of drug-likeness (QED) is 0.421. The Morgan fingerprint density at radius 3 is 2.72 bits per heavy atom. The monoisotopic (exact) mass is 360 g/mol. The molecule has 0 aliphatic rings. The zero-order valence-electron chi connectivity index (χ0n) is 9.08. The van der Waals surface area contributed by atoms with E-state index in [-0.39, 0.29) is 34.8 Å². The zero-order chi connectivity index (χ0) is 13.9. The highest BCUT2D eigenvalue weighted by Gasteiger charge is 2.23. The molecule has 0 radical (unpaired) electrons.